The molecule has 1 aromatic heterocycles. The van der Waals surface area contributed by atoms with E-state index >= 15 is 0 Å². The number of hydrogen-bond acceptors (Lipinski definition) is 3. The Morgan fingerprint density at radius 2 is 2.11 bits per heavy atom. The predicted molar refractivity (Wildman–Crippen MR) is 78.3 cm³/mol. The van der Waals surface area contributed by atoms with Crippen LogP contribution in [0.25, 0.3) is 0 Å². The lowest BCUT2D eigenvalue weighted by molar-refractivity contribution is -0.134. The Bertz CT molecular complexity index is 335. The first-order valence-electron chi connectivity index (χ1n) is 5.44. The molecule has 0 spiro atoms. The second-order valence-corrected chi connectivity index (χ2v) is 3.97. The summed E-state index contributed by atoms with van der Waals surface area (Å²) < 4.78 is 0. The standard InChI is InChI=1S/C12H19N3O.2ClH/c1-10(8-13-2)12(16)15(3)9-11-6-4-5-7-14-11;;/h4-7,10,13H,8-9H2,1-3H3;2*1H. The summed E-state index contributed by atoms with van der Waals surface area (Å²) in [7, 11) is 3.66. The van der Waals surface area contributed by atoms with Crippen LogP contribution in [-0.2, 0) is 11.3 Å². The number of nitrogens with one attached hydrogen (secondary N) is 1. The van der Waals surface area contributed by atoms with Gasteiger partial charge in [0.15, 0.2) is 0 Å². The van der Waals surface area contributed by atoms with Crippen LogP contribution in [0.15, 0.2) is 24.4 Å². The maximum absolute atomic E-state index is 11.9. The zero-order chi connectivity index (χ0) is 12.0. The average Bonchev–Trinajstić information content (AvgIpc) is 2.29. The smallest absolute Gasteiger partial charge is 0.226 e. The van der Waals surface area contributed by atoms with Crippen LogP contribution in [0.3, 0.4) is 0 Å². The van der Waals surface area contributed by atoms with Gasteiger partial charge in [0, 0.05) is 25.7 Å². The summed E-state index contributed by atoms with van der Waals surface area (Å²) in [6.45, 7) is 3.19. The molecule has 0 aromatic carbocycles. The molecule has 18 heavy (non-hydrogen) atoms. The minimum Gasteiger partial charge on any atom is -0.340 e. The number of amides is 1. The molecule has 1 unspecified atom stereocenters. The van der Waals surface area contributed by atoms with Crippen LogP contribution in [0, 0.1) is 5.92 Å². The SMILES string of the molecule is CNCC(C)C(=O)N(C)Cc1ccccn1.Cl.Cl. The highest BCUT2D eigenvalue weighted by Gasteiger charge is 2.16. The van der Waals surface area contributed by atoms with Crippen molar-refractivity contribution >= 4 is 30.7 Å². The molecule has 0 saturated heterocycles. The van der Waals surface area contributed by atoms with Crippen LogP contribution >= 0.6 is 24.8 Å². The normalized spacial score (nSPS) is 10.8. The maximum Gasteiger partial charge on any atom is 0.226 e. The van der Waals surface area contributed by atoms with E-state index in [0.717, 1.165) is 5.69 Å². The van der Waals surface area contributed by atoms with Gasteiger partial charge in [0.05, 0.1) is 12.2 Å². The highest BCUT2D eigenvalue weighted by Crippen LogP contribution is 2.04. The van der Waals surface area contributed by atoms with Crippen LogP contribution in [0.1, 0.15) is 12.6 Å². The minimum atomic E-state index is -0.00119. The lowest BCUT2D eigenvalue weighted by Crippen LogP contribution is -2.35. The monoisotopic (exact) mass is 293 g/mol. The first kappa shape index (κ1) is 19.5. The third-order valence-electron chi connectivity index (χ3n) is 2.43. The Hall–Kier alpha value is -0.840. The number of hydrogen-bond donors (Lipinski definition) is 1. The van der Waals surface area contributed by atoms with Crippen molar-refractivity contribution in [3.05, 3.63) is 30.1 Å². The zero-order valence-corrected chi connectivity index (χ0v) is 12.6. The molecule has 104 valence electrons. The molecular formula is C12H21Cl2N3O. The van der Waals surface area contributed by atoms with E-state index in [-0.39, 0.29) is 36.6 Å². The van der Waals surface area contributed by atoms with Gasteiger partial charge >= 0.3 is 0 Å². The number of pyridine rings is 1. The predicted octanol–water partition coefficient (Wildman–Crippen LogP) is 1.74. The van der Waals surface area contributed by atoms with Gasteiger partial charge < -0.3 is 10.2 Å². The van der Waals surface area contributed by atoms with E-state index in [1.807, 2.05) is 39.2 Å². The highest BCUT2D eigenvalue weighted by molar-refractivity contribution is 5.85. The third kappa shape index (κ3) is 6.19. The molecular weight excluding hydrogens is 273 g/mol. The fourth-order valence-electron chi connectivity index (χ4n) is 1.58. The molecule has 1 N–H and O–H groups in total. The quantitative estimate of drug-likeness (QED) is 0.899. The topological polar surface area (TPSA) is 45.2 Å². The summed E-state index contributed by atoms with van der Waals surface area (Å²) in [5, 5.41) is 3.00. The van der Waals surface area contributed by atoms with E-state index in [2.05, 4.69) is 10.3 Å². The van der Waals surface area contributed by atoms with Crippen molar-refractivity contribution in [3.63, 3.8) is 0 Å². The van der Waals surface area contributed by atoms with Crippen molar-refractivity contribution in [2.24, 2.45) is 5.92 Å². The summed E-state index contributed by atoms with van der Waals surface area (Å²) in [5.41, 5.74) is 0.912. The molecule has 1 atom stereocenters. The number of aromatic nitrogens is 1. The molecule has 0 aliphatic rings. The van der Waals surface area contributed by atoms with Crippen LogP contribution < -0.4 is 5.32 Å². The van der Waals surface area contributed by atoms with Crippen molar-refractivity contribution in [3.8, 4) is 0 Å². The highest BCUT2D eigenvalue weighted by atomic mass is 35.5. The average molecular weight is 294 g/mol. The van der Waals surface area contributed by atoms with E-state index in [4.69, 9.17) is 0 Å². The van der Waals surface area contributed by atoms with Crippen LogP contribution in [-0.4, -0.2) is 36.4 Å². The van der Waals surface area contributed by atoms with Crippen LogP contribution in [0.4, 0.5) is 0 Å². The van der Waals surface area contributed by atoms with Gasteiger partial charge in [0.1, 0.15) is 0 Å². The number of rotatable bonds is 5. The molecule has 4 nitrogen and oxygen atoms in total. The molecule has 0 bridgehead atoms. The molecule has 1 aromatic rings. The van der Waals surface area contributed by atoms with Gasteiger partial charge in [-0.15, -0.1) is 24.8 Å². The van der Waals surface area contributed by atoms with Gasteiger partial charge in [-0.25, -0.2) is 0 Å². The largest absolute Gasteiger partial charge is 0.340 e. The number of halogens is 2. The molecule has 0 fully saturated rings. The Labute approximate surface area is 121 Å². The minimum absolute atomic E-state index is 0. The number of carbonyl (C=O) groups excluding carboxylic acids is 1. The van der Waals surface area contributed by atoms with E-state index in [9.17, 15) is 4.79 Å². The summed E-state index contributed by atoms with van der Waals surface area (Å²) in [5.74, 6) is 0.138. The molecule has 0 saturated carbocycles. The Kier molecular flexibility index (Phi) is 11.0. The summed E-state index contributed by atoms with van der Waals surface area (Å²) in [6, 6.07) is 5.72. The zero-order valence-electron chi connectivity index (χ0n) is 10.9. The molecule has 0 aliphatic carbocycles. The molecule has 0 aliphatic heterocycles. The molecule has 1 amide bonds. The molecule has 6 heteroatoms. The van der Waals surface area contributed by atoms with Gasteiger partial charge in [0.25, 0.3) is 0 Å². The summed E-state index contributed by atoms with van der Waals surface area (Å²) in [4.78, 5) is 17.8. The summed E-state index contributed by atoms with van der Waals surface area (Å²) >= 11 is 0. The van der Waals surface area contributed by atoms with E-state index < -0.39 is 0 Å². The van der Waals surface area contributed by atoms with Gasteiger partial charge in [-0.1, -0.05) is 13.0 Å². The second kappa shape index (κ2) is 10.1. The Morgan fingerprint density at radius 3 is 2.61 bits per heavy atom. The van der Waals surface area contributed by atoms with E-state index in [0.29, 0.717) is 13.1 Å². The maximum atomic E-state index is 11.9. The molecule has 0 radical (unpaired) electrons. The first-order chi connectivity index (χ1) is 7.65. The van der Waals surface area contributed by atoms with Crippen molar-refractivity contribution in [2.75, 3.05) is 20.6 Å². The summed E-state index contributed by atoms with van der Waals surface area (Å²) in [6.07, 6.45) is 1.74. The van der Waals surface area contributed by atoms with Crippen molar-refractivity contribution < 1.29 is 4.79 Å². The fraction of sp³-hybridized carbons (Fsp3) is 0.500. The first-order valence-corrected chi connectivity index (χ1v) is 5.44. The van der Waals surface area contributed by atoms with Crippen molar-refractivity contribution in [1.82, 2.24) is 15.2 Å². The van der Waals surface area contributed by atoms with E-state index in [1.54, 1.807) is 11.1 Å². The number of carbonyl (C=O) groups is 1. The van der Waals surface area contributed by atoms with Gasteiger partial charge in [-0.3, -0.25) is 9.78 Å². The molecule has 1 rings (SSSR count). The lowest BCUT2D eigenvalue weighted by Gasteiger charge is -2.20. The lowest BCUT2D eigenvalue weighted by atomic mass is 10.1. The fourth-order valence-corrected chi connectivity index (χ4v) is 1.58. The van der Waals surface area contributed by atoms with Gasteiger partial charge in [0.2, 0.25) is 5.91 Å². The second-order valence-electron chi connectivity index (χ2n) is 3.97. The van der Waals surface area contributed by atoms with Gasteiger partial charge in [-0.05, 0) is 19.2 Å². The van der Waals surface area contributed by atoms with E-state index in [1.165, 1.54) is 0 Å². The number of nitrogens with zero attached hydrogens (tertiary/aromatic N) is 2. The molecule has 1 heterocycles. The van der Waals surface area contributed by atoms with Crippen molar-refractivity contribution in [2.45, 2.75) is 13.5 Å². The van der Waals surface area contributed by atoms with Gasteiger partial charge in [-0.2, -0.15) is 0 Å². The third-order valence-corrected chi connectivity index (χ3v) is 2.43. The Balaban J connectivity index is 0. The van der Waals surface area contributed by atoms with Crippen LogP contribution in [0.2, 0.25) is 0 Å². The Morgan fingerprint density at radius 1 is 1.44 bits per heavy atom. The van der Waals surface area contributed by atoms with Crippen LogP contribution in [0.5, 0.6) is 0 Å². The van der Waals surface area contributed by atoms with Crippen molar-refractivity contribution in [1.29, 1.82) is 0 Å².